The zero-order valence-corrected chi connectivity index (χ0v) is 12.6. The molecular weight excluding hydrogens is 306 g/mol. The second-order valence-electron chi connectivity index (χ2n) is 4.46. The van der Waals surface area contributed by atoms with Crippen molar-refractivity contribution < 1.29 is 0 Å². The molecule has 3 aromatic heterocycles. The van der Waals surface area contributed by atoms with Gasteiger partial charge in [-0.05, 0) is 41.8 Å². The third-order valence-electron chi connectivity index (χ3n) is 3.32. The first-order valence-electron chi connectivity index (χ1n) is 6.16. The van der Waals surface area contributed by atoms with E-state index in [1.807, 2.05) is 28.4 Å². The molecule has 0 aliphatic rings. The Kier molecular flexibility index (Phi) is 2.89. The fourth-order valence-electron chi connectivity index (χ4n) is 2.42. The number of hydrogen-bond acceptors (Lipinski definition) is 3. The Morgan fingerprint density at radius 1 is 1.32 bits per heavy atom. The summed E-state index contributed by atoms with van der Waals surface area (Å²) < 4.78 is 4.58. The first-order chi connectivity index (χ1) is 9.11. The quantitative estimate of drug-likeness (QED) is 0.729. The van der Waals surface area contributed by atoms with Crippen LogP contribution in [0.25, 0.3) is 11.5 Å². The summed E-state index contributed by atoms with van der Waals surface area (Å²) in [6, 6.07) is 0. The molecule has 0 radical (unpaired) electrons. The van der Waals surface area contributed by atoms with Gasteiger partial charge in [-0.15, -0.1) is 0 Å². The van der Waals surface area contributed by atoms with Gasteiger partial charge < -0.3 is 4.40 Å². The van der Waals surface area contributed by atoms with Crippen LogP contribution in [0.1, 0.15) is 23.9 Å². The number of nitrogens with zero attached hydrogens (tertiary/aromatic N) is 5. The monoisotopic (exact) mass is 319 g/mol. The number of aryl methyl sites for hydroxylation is 1. The third kappa shape index (κ3) is 1.87. The maximum atomic E-state index is 4.60. The van der Waals surface area contributed by atoms with Crippen LogP contribution in [0, 0.1) is 13.8 Å². The third-order valence-corrected chi connectivity index (χ3v) is 3.70. The molecule has 0 saturated carbocycles. The molecule has 0 amide bonds. The Morgan fingerprint density at radius 3 is 2.79 bits per heavy atom. The van der Waals surface area contributed by atoms with Crippen molar-refractivity contribution in [3.8, 4) is 5.82 Å². The lowest BCUT2D eigenvalue weighted by Gasteiger charge is -2.06. The highest BCUT2D eigenvalue weighted by atomic mass is 79.9. The van der Waals surface area contributed by atoms with E-state index in [1.54, 1.807) is 6.20 Å². The Balaban J connectivity index is 2.33. The molecule has 3 heterocycles. The number of hydrogen-bond donors (Lipinski definition) is 0. The molecule has 0 aliphatic carbocycles. The van der Waals surface area contributed by atoms with E-state index in [0.29, 0.717) is 0 Å². The average Bonchev–Trinajstić information content (AvgIpc) is 2.93. The van der Waals surface area contributed by atoms with Crippen LogP contribution >= 0.6 is 15.9 Å². The van der Waals surface area contributed by atoms with Crippen LogP contribution < -0.4 is 0 Å². The minimum atomic E-state index is 0.750. The molecule has 3 aromatic rings. The highest BCUT2D eigenvalue weighted by molar-refractivity contribution is 9.10. The highest BCUT2D eigenvalue weighted by Crippen LogP contribution is 2.21. The Hall–Kier alpha value is -1.69. The summed E-state index contributed by atoms with van der Waals surface area (Å²) in [5.74, 6) is 0.750. The molecule has 19 heavy (non-hydrogen) atoms. The minimum absolute atomic E-state index is 0.750. The van der Waals surface area contributed by atoms with Gasteiger partial charge in [-0.25, -0.2) is 14.6 Å². The van der Waals surface area contributed by atoms with E-state index in [0.717, 1.165) is 33.9 Å². The van der Waals surface area contributed by atoms with E-state index in [2.05, 4.69) is 44.8 Å². The maximum absolute atomic E-state index is 4.60. The molecule has 0 fully saturated rings. The van der Waals surface area contributed by atoms with Crippen LogP contribution in [0.15, 0.2) is 23.2 Å². The van der Waals surface area contributed by atoms with Gasteiger partial charge in [-0.1, -0.05) is 6.92 Å². The molecule has 0 spiro atoms. The summed E-state index contributed by atoms with van der Waals surface area (Å²) in [7, 11) is 0. The molecule has 0 unspecified atom stereocenters. The lowest BCUT2D eigenvalue weighted by molar-refractivity contribution is 0.798. The molecule has 3 rings (SSSR count). The van der Waals surface area contributed by atoms with Crippen molar-refractivity contribution in [2.45, 2.75) is 27.2 Å². The molecule has 0 aliphatic heterocycles. The molecule has 0 N–H and O–H groups in total. The lowest BCUT2D eigenvalue weighted by atomic mass is 10.1. The molecule has 98 valence electrons. The molecule has 5 nitrogen and oxygen atoms in total. The number of rotatable bonds is 2. The van der Waals surface area contributed by atoms with E-state index in [4.69, 9.17) is 0 Å². The van der Waals surface area contributed by atoms with Gasteiger partial charge in [0.2, 0.25) is 0 Å². The Bertz CT molecular complexity index is 756. The van der Waals surface area contributed by atoms with E-state index in [1.165, 1.54) is 5.56 Å². The topological polar surface area (TPSA) is 48.0 Å². The van der Waals surface area contributed by atoms with Crippen molar-refractivity contribution in [2.75, 3.05) is 0 Å². The van der Waals surface area contributed by atoms with E-state index < -0.39 is 0 Å². The predicted octanol–water partition coefficient (Wildman–Crippen LogP) is 2.86. The second-order valence-corrected chi connectivity index (χ2v) is 5.27. The average molecular weight is 320 g/mol. The van der Waals surface area contributed by atoms with Crippen molar-refractivity contribution >= 4 is 21.6 Å². The number of imidazole rings is 1. The van der Waals surface area contributed by atoms with Crippen molar-refractivity contribution in [3.63, 3.8) is 0 Å². The van der Waals surface area contributed by atoms with Gasteiger partial charge in [-0.3, -0.25) is 0 Å². The number of fused-ring (bicyclic) bond motifs is 1. The fraction of sp³-hybridized carbons (Fsp3) is 0.308. The van der Waals surface area contributed by atoms with Gasteiger partial charge >= 0.3 is 0 Å². The molecule has 0 saturated heterocycles. The van der Waals surface area contributed by atoms with Crippen molar-refractivity contribution in [3.05, 3.63) is 40.1 Å². The standard InChI is InChI=1S/C13H14BrN5/c1-4-10-8(2)17-19(9(10)3)13-12-15-5-6-18(12)7-11(14)16-13/h5-7H,4H2,1-3H3. The zero-order chi connectivity index (χ0) is 13.6. The fourth-order valence-corrected chi connectivity index (χ4v) is 2.81. The smallest absolute Gasteiger partial charge is 0.198 e. The van der Waals surface area contributed by atoms with Crippen LogP contribution in [-0.2, 0) is 6.42 Å². The predicted molar refractivity (Wildman–Crippen MR) is 76.7 cm³/mol. The first kappa shape index (κ1) is 12.3. The van der Waals surface area contributed by atoms with Crippen LogP contribution in [0.3, 0.4) is 0 Å². The normalized spacial score (nSPS) is 11.4. The van der Waals surface area contributed by atoms with Crippen LogP contribution in [0.5, 0.6) is 0 Å². The van der Waals surface area contributed by atoms with Gasteiger partial charge in [-0.2, -0.15) is 5.10 Å². The number of halogens is 1. The zero-order valence-electron chi connectivity index (χ0n) is 11.1. The van der Waals surface area contributed by atoms with E-state index >= 15 is 0 Å². The molecule has 6 heteroatoms. The summed E-state index contributed by atoms with van der Waals surface area (Å²) in [5, 5.41) is 4.60. The summed E-state index contributed by atoms with van der Waals surface area (Å²) >= 11 is 3.43. The first-order valence-corrected chi connectivity index (χ1v) is 6.95. The Labute approximate surface area is 119 Å². The van der Waals surface area contributed by atoms with Crippen LogP contribution in [0.2, 0.25) is 0 Å². The maximum Gasteiger partial charge on any atom is 0.198 e. The molecule has 0 bridgehead atoms. The Morgan fingerprint density at radius 2 is 2.11 bits per heavy atom. The molecule has 0 atom stereocenters. The van der Waals surface area contributed by atoms with Crippen molar-refractivity contribution in [1.82, 2.24) is 24.1 Å². The van der Waals surface area contributed by atoms with Gasteiger partial charge in [0.1, 0.15) is 4.60 Å². The second kappa shape index (κ2) is 4.45. The van der Waals surface area contributed by atoms with Gasteiger partial charge in [0.25, 0.3) is 0 Å². The van der Waals surface area contributed by atoms with Crippen LogP contribution in [-0.4, -0.2) is 24.1 Å². The van der Waals surface area contributed by atoms with Gasteiger partial charge in [0, 0.05) is 24.3 Å². The number of aromatic nitrogens is 5. The van der Waals surface area contributed by atoms with E-state index in [-0.39, 0.29) is 0 Å². The lowest BCUT2D eigenvalue weighted by Crippen LogP contribution is -2.06. The largest absolute Gasteiger partial charge is 0.301 e. The van der Waals surface area contributed by atoms with E-state index in [9.17, 15) is 0 Å². The SMILES string of the molecule is CCc1c(C)nn(-c2nc(Br)cn3ccnc23)c1C. The summed E-state index contributed by atoms with van der Waals surface area (Å²) in [4.78, 5) is 8.89. The summed E-state index contributed by atoms with van der Waals surface area (Å²) in [6.07, 6.45) is 6.52. The van der Waals surface area contributed by atoms with Gasteiger partial charge in [0.15, 0.2) is 11.5 Å². The highest BCUT2D eigenvalue weighted by Gasteiger charge is 2.16. The summed E-state index contributed by atoms with van der Waals surface area (Å²) in [6.45, 7) is 6.24. The molecular formula is C13H14BrN5. The molecule has 0 aromatic carbocycles. The minimum Gasteiger partial charge on any atom is -0.301 e. The van der Waals surface area contributed by atoms with Crippen molar-refractivity contribution in [1.29, 1.82) is 0 Å². The van der Waals surface area contributed by atoms with Gasteiger partial charge in [0.05, 0.1) is 5.69 Å². The van der Waals surface area contributed by atoms with Crippen LogP contribution in [0.4, 0.5) is 0 Å². The summed E-state index contributed by atoms with van der Waals surface area (Å²) in [5.41, 5.74) is 4.24. The van der Waals surface area contributed by atoms with Crippen molar-refractivity contribution in [2.24, 2.45) is 0 Å².